The summed E-state index contributed by atoms with van der Waals surface area (Å²) in [5.41, 5.74) is 5.62. The molecule has 0 aliphatic heterocycles. The van der Waals surface area contributed by atoms with Crippen LogP contribution in [0.15, 0.2) is 24.3 Å². The van der Waals surface area contributed by atoms with Gasteiger partial charge in [-0.2, -0.15) is 8.42 Å². The van der Waals surface area contributed by atoms with Crippen LogP contribution in [0.5, 0.6) is 5.75 Å². The van der Waals surface area contributed by atoms with Gasteiger partial charge < -0.3 is 10.4 Å². The summed E-state index contributed by atoms with van der Waals surface area (Å²) in [5, 5.41) is 11.0. The Morgan fingerprint density at radius 3 is 2.31 bits per heavy atom. The van der Waals surface area contributed by atoms with Crippen LogP contribution in [0.1, 0.15) is 0 Å². The molecule has 0 aliphatic rings. The molecule has 4 N–H and O–H groups in total. The number of benzene rings is 1. The van der Waals surface area contributed by atoms with E-state index in [4.69, 9.17) is 10.8 Å². The van der Waals surface area contributed by atoms with E-state index in [-0.39, 0.29) is 10.9 Å². The van der Waals surface area contributed by atoms with E-state index in [0.717, 1.165) is 0 Å². The smallest absolute Gasteiger partial charge is 0.249 e. The molecule has 0 saturated carbocycles. The number of aromatic hydroxyl groups is 1. The number of phenols is 1. The van der Waals surface area contributed by atoms with Crippen LogP contribution < -0.4 is 11.1 Å². The molecule has 13 heavy (non-hydrogen) atoms. The molecule has 0 spiro atoms. The molecule has 0 amide bonds. The number of phenolic OH excluding ortho intramolecular Hbond substituents is 1. The van der Waals surface area contributed by atoms with Crippen molar-refractivity contribution < 1.29 is 13.5 Å². The zero-order valence-electron chi connectivity index (χ0n) is 6.56. The average molecular weight is 200 g/mol. The lowest BCUT2D eigenvalue weighted by Gasteiger charge is -2.01. The predicted molar refractivity (Wildman–Crippen MR) is 49.8 cm³/mol. The first kappa shape index (κ1) is 9.56. The molecular formula is C7H8N2O3S. The minimum absolute atomic E-state index is 0.104. The molecule has 0 saturated heterocycles. The van der Waals surface area contributed by atoms with E-state index in [9.17, 15) is 8.42 Å². The van der Waals surface area contributed by atoms with Crippen LogP contribution in [0.3, 0.4) is 0 Å². The Morgan fingerprint density at radius 1 is 1.31 bits per heavy atom. The lowest BCUT2D eigenvalue weighted by Crippen LogP contribution is -2.22. The van der Waals surface area contributed by atoms with Crippen LogP contribution in [-0.4, -0.2) is 18.6 Å². The second-order valence-electron chi connectivity index (χ2n) is 2.27. The van der Waals surface area contributed by atoms with Crippen LogP contribution in [0.2, 0.25) is 0 Å². The lowest BCUT2D eigenvalue weighted by molar-refractivity contribution is 0.475. The Balaban J connectivity index is 2.88. The summed E-state index contributed by atoms with van der Waals surface area (Å²) in [6, 6.07) is 5.86. The van der Waals surface area contributed by atoms with E-state index in [1.807, 2.05) is 0 Å². The Labute approximate surface area is 76.3 Å². The molecule has 1 aromatic rings. The minimum atomic E-state index is -2.45. The van der Waals surface area contributed by atoms with Crippen LogP contribution in [0.25, 0.3) is 0 Å². The van der Waals surface area contributed by atoms with Crippen LogP contribution in [-0.2, 0) is 10.3 Å². The van der Waals surface area contributed by atoms with E-state index in [1.165, 1.54) is 24.3 Å². The van der Waals surface area contributed by atoms with Gasteiger partial charge in [0.15, 0.2) is 0 Å². The van der Waals surface area contributed by atoms with E-state index in [1.54, 1.807) is 0 Å². The third kappa shape index (κ3) is 2.77. The highest BCUT2D eigenvalue weighted by Gasteiger charge is 1.95. The number of nitrogens with two attached hydrogens (primary N) is 1. The van der Waals surface area contributed by atoms with Gasteiger partial charge in [-0.05, 0) is 24.3 Å². The minimum Gasteiger partial charge on any atom is -0.508 e. The van der Waals surface area contributed by atoms with Gasteiger partial charge in [-0.3, -0.25) is 5.73 Å². The summed E-state index contributed by atoms with van der Waals surface area (Å²) in [7, 11) is -2.45. The molecule has 5 nitrogen and oxygen atoms in total. The fourth-order valence-electron chi connectivity index (χ4n) is 0.729. The molecule has 0 fully saturated rings. The van der Waals surface area contributed by atoms with Gasteiger partial charge in [0, 0.05) is 5.69 Å². The molecular weight excluding hydrogens is 192 g/mol. The highest BCUT2D eigenvalue weighted by molar-refractivity contribution is 7.73. The number of rotatable bonds is 1. The topological polar surface area (TPSA) is 92.4 Å². The molecule has 0 radical (unpaired) electrons. The molecule has 0 atom stereocenters. The van der Waals surface area contributed by atoms with Gasteiger partial charge in [0.25, 0.3) is 0 Å². The van der Waals surface area contributed by atoms with Gasteiger partial charge in [-0.15, -0.1) is 0 Å². The maximum Gasteiger partial charge on any atom is 0.249 e. The number of hydrogen-bond acceptors (Lipinski definition) is 3. The van der Waals surface area contributed by atoms with Crippen LogP contribution in [0, 0.1) is 0 Å². The van der Waals surface area contributed by atoms with Gasteiger partial charge in [-0.25, -0.2) is 0 Å². The van der Waals surface area contributed by atoms with Crippen molar-refractivity contribution in [3.8, 4) is 5.75 Å². The summed E-state index contributed by atoms with van der Waals surface area (Å²) in [6.45, 7) is 0. The highest BCUT2D eigenvalue weighted by atomic mass is 32.2. The maximum absolute atomic E-state index is 10.3. The summed E-state index contributed by atoms with van der Waals surface area (Å²) in [4.78, 5) is 0. The Morgan fingerprint density at radius 2 is 1.85 bits per heavy atom. The molecule has 0 aromatic heterocycles. The van der Waals surface area contributed by atoms with Crippen molar-refractivity contribution in [2.24, 2.45) is 5.73 Å². The summed E-state index contributed by atoms with van der Waals surface area (Å²) >= 11 is 0. The zero-order chi connectivity index (χ0) is 9.84. The number of hydrogen-bond donors (Lipinski definition) is 3. The predicted octanol–water partition coefficient (Wildman–Crippen LogP) is -0.271. The molecule has 6 heteroatoms. The third-order valence-electron chi connectivity index (χ3n) is 1.31. The van der Waals surface area contributed by atoms with Gasteiger partial charge in [-0.1, -0.05) is 0 Å². The Kier molecular flexibility index (Phi) is 2.88. The molecule has 0 unspecified atom stereocenters. The quantitative estimate of drug-likeness (QED) is 0.428. The molecule has 0 bridgehead atoms. The largest absolute Gasteiger partial charge is 0.508 e. The third-order valence-corrected chi connectivity index (χ3v) is 1.78. The Bertz CT molecular complexity index is 414. The van der Waals surface area contributed by atoms with Crippen molar-refractivity contribution in [1.29, 1.82) is 0 Å². The van der Waals surface area contributed by atoms with Crippen molar-refractivity contribution in [2.45, 2.75) is 0 Å². The zero-order valence-corrected chi connectivity index (χ0v) is 7.38. The first-order valence-corrected chi connectivity index (χ1v) is 4.45. The second-order valence-corrected chi connectivity index (χ2v) is 3.18. The van der Waals surface area contributed by atoms with Gasteiger partial charge in [0.2, 0.25) is 15.4 Å². The van der Waals surface area contributed by atoms with Crippen molar-refractivity contribution in [1.82, 2.24) is 0 Å². The average Bonchev–Trinajstić information content (AvgIpc) is 2.08. The van der Waals surface area contributed by atoms with E-state index >= 15 is 0 Å². The fraction of sp³-hybridized carbons (Fsp3) is 0. The van der Waals surface area contributed by atoms with Gasteiger partial charge in [0.05, 0.1) is 0 Å². The first-order chi connectivity index (χ1) is 6.09. The van der Waals surface area contributed by atoms with Crippen LogP contribution in [0.4, 0.5) is 5.69 Å². The maximum atomic E-state index is 10.3. The molecule has 0 aliphatic carbocycles. The van der Waals surface area contributed by atoms with E-state index in [0.29, 0.717) is 5.69 Å². The number of nitrogens with one attached hydrogen (secondary N) is 1. The molecule has 1 aromatic carbocycles. The summed E-state index contributed by atoms with van der Waals surface area (Å²) in [6.07, 6.45) is 0. The van der Waals surface area contributed by atoms with Crippen molar-refractivity contribution >= 4 is 21.1 Å². The molecule has 0 heterocycles. The standard InChI is InChI=1S/C7H8N2O3S/c8-7(13(11)12)9-5-1-3-6(10)4-2-5/h1-4,9-10H,8H2. The summed E-state index contributed by atoms with van der Waals surface area (Å²) in [5.74, 6) is 0.104. The van der Waals surface area contributed by atoms with Crippen molar-refractivity contribution in [2.75, 3.05) is 5.32 Å². The molecule has 70 valence electrons. The van der Waals surface area contributed by atoms with Gasteiger partial charge >= 0.3 is 0 Å². The molecule has 1 rings (SSSR count). The van der Waals surface area contributed by atoms with Crippen molar-refractivity contribution in [3.63, 3.8) is 0 Å². The van der Waals surface area contributed by atoms with Gasteiger partial charge in [0.1, 0.15) is 5.75 Å². The Hall–Kier alpha value is -1.53. The first-order valence-electron chi connectivity index (χ1n) is 3.37. The fourth-order valence-corrected chi connectivity index (χ4v) is 0.930. The normalized spacial score (nSPS) is 9.31. The highest BCUT2D eigenvalue weighted by Crippen LogP contribution is 2.12. The lowest BCUT2D eigenvalue weighted by atomic mass is 10.3. The second kappa shape index (κ2) is 3.92. The number of anilines is 1. The van der Waals surface area contributed by atoms with Crippen LogP contribution >= 0.6 is 0 Å². The summed E-state index contributed by atoms with van der Waals surface area (Å²) < 4.78 is 20.6. The van der Waals surface area contributed by atoms with Crippen molar-refractivity contribution in [3.05, 3.63) is 24.3 Å². The SMILES string of the molecule is NC(Nc1ccc(O)cc1)=S(=O)=O. The van der Waals surface area contributed by atoms with E-state index < -0.39 is 10.3 Å². The monoisotopic (exact) mass is 200 g/mol. The van der Waals surface area contributed by atoms with E-state index in [2.05, 4.69) is 5.32 Å².